The maximum Gasteiger partial charge on any atom is 0.123 e. The number of ether oxygens (including phenoxy) is 3. The third-order valence-corrected chi connectivity index (χ3v) is 9.65. The first-order chi connectivity index (χ1) is 20.7. The van der Waals surface area contributed by atoms with Crippen molar-refractivity contribution in [2.24, 2.45) is 0 Å². The number of hydrogen-bond donors (Lipinski definition) is 0. The molecule has 2 aliphatic rings. The highest BCUT2D eigenvalue weighted by atomic mass is 16.6. The first-order valence-electron chi connectivity index (χ1n) is 17.8. The Kier molecular flexibility index (Phi) is 14.4. The van der Waals surface area contributed by atoms with Crippen molar-refractivity contribution in [2.75, 3.05) is 13.2 Å². The normalized spacial score (nSPS) is 20.6. The van der Waals surface area contributed by atoms with Gasteiger partial charge in [0.1, 0.15) is 23.4 Å². The van der Waals surface area contributed by atoms with E-state index < -0.39 is 11.2 Å². The molecule has 0 spiro atoms. The molecule has 4 atom stereocenters. The van der Waals surface area contributed by atoms with Gasteiger partial charge >= 0.3 is 0 Å². The third-order valence-electron chi connectivity index (χ3n) is 9.65. The molecule has 2 aromatic rings. The van der Waals surface area contributed by atoms with Crippen molar-refractivity contribution in [3.63, 3.8) is 0 Å². The molecule has 0 radical (unpaired) electrons. The Hall–Kier alpha value is -1.68. The summed E-state index contributed by atoms with van der Waals surface area (Å²) in [6, 6.07) is 22.0. The Morgan fingerprint density at radius 1 is 0.500 bits per heavy atom. The minimum atomic E-state index is -0.454. The topological polar surface area (TPSA) is 34.3 Å². The van der Waals surface area contributed by atoms with Gasteiger partial charge in [-0.3, -0.25) is 0 Å². The van der Waals surface area contributed by atoms with Crippen molar-refractivity contribution in [3.05, 3.63) is 71.8 Å². The van der Waals surface area contributed by atoms with Crippen LogP contribution >= 0.6 is 0 Å². The summed E-state index contributed by atoms with van der Waals surface area (Å²) in [5.41, 5.74) is 1.63. The number of hydrogen-bond acceptors (Lipinski definition) is 3. The Labute approximate surface area is 258 Å². The van der Waals surface area contributed by atoms with Gasteiger partial charge in [0.2, 0.25) is 0 Å². The number of rotatable bonds is 25. The quantitative estimate of drug-likeness (QED) is 0.0871. The maximum atomic E-state index is 7.72. The summed E-state index contributed by atoms with van der Waals surface area (Å²) >= 11 is 0. The molecule has 2 heterocycles. The molecular weight excluding hydrogens is 516 g/mol. The van der Waals surface area contributed by atoms with E-state index >= 15 is 0 Å². The van der Waals surface area contributed by atoms with Crippen LogP contribution < -0.4 is 0 Å². The molecular formula is C39H60O3. The molecule has 3 heteroatoms. The Balaban J connectivity index is 1.48. The minimum absolute atomic E-state index is 0.106. The van der Waals surface area contributed by atoms with E-state index in [2.05, 4.69) is 74.5 Å². The fourth-order valence-corrected chi connectivity index (χ4v) is 6.95. The predicted octanol–water partition coefficient (Wildman–Crippen LogP) is 11.0. The molecule has 0 bridgehead atoms. The molecule has 2 saturated heterocycles. The zero-order valence-corrected chi connectivity index (χ0v) is 27.0. The van der Waals surface area contributed by atoms with E-state index in [1.54, 1.807) is 0 Å². The van der Waals surface area contributed by atoms with Crippen LogP contribution in [0.4, 0.5) is 0 Å². The molecule has 2 aliphatic heterocycles. The average molecular weight is 577 g/mol. The summed E-state index contributed by atoms with van der Waals surface area (Å²) in [5.74, 6) is 0. The van der Waals surface area contributed by atoms with Crippen LogP contribution in [-0.4, -0.2) is 25.4 Å². The second-order valence-electron chi connectivity index (χ2n) is 13.1. The van der Waals surface area contributed by atoms with Gasteiger partial charge in [-0.2, -0.15) is 0 Å². The molecule has 0 aromatic heterocycles. The first kappa shape index (κ1) is 33.2. The van der Waals surface area contributed by atoms with Crippen molar-refractivity contribution < 1.29 is 14.2 Å². The van der Waals surface area contributed by atoms with Crippen LogP contribution in [0.1, 0.15) is 147 Å². The van der Waals surface area contributed by atoms with Gasteiger partial charge in [-0.1, -0.05) is 184 Å². The van der Waals surface area contributed by atoms with E-state index in [-0.39, 0.29) is 12.2 Å². The van der Waals surface area contributed by atoms with E-state index in [1.807, 2.05) is 0 Å². The Bertz CT molecular complexity index is 954. The average Bonchev–Trinajstić information content (AvgIpc) is 3.95. The SMILES string of the molecule is CCCCCCCCCCCCC(OC(CCCCCCCCC)(c1ccccc1)C1CO1)(c1ccccc1)C1CO1. The second kappa shape index (κ2) is 18.2. The number of epoxide rings is 2. The van der Waals surface area contributed by atoms with Gasteiger partial charge in [0.25, 0.3) is 0 Å². The van der Waals surface area contributed by atoms with Crippen molar-refractivity contribution in [3.8, 4) is 0 Å². The maximum absolute atomic E-state index is 7.72. The van der Waals surface area contributed by atoms with Crippen LogP contribution in [0.25, 0.3) is 0 Å². The summed E-state index contributed by atoms with van der Waals surface area (Å²) in [6.07, 6.45) is 24.7. The van der Waals surface area contributed by atoms with Crippen LogP contribution in [0.2, 0.25) is 0 Å². The fourth-order valence-electron chi connectivity index (χ4n) is 6.95. The minimum Gasteiger partial charge on any atom is -0.370 e. The highest BCUT2D eigenvalue weighted by Crippen LogP contribution is 2.52. The lowest BCUT2D eigenvalue weighted by molar-refractivity contribution is -0.197. The van der Waals surface area contributed by atoms with Crippen LogP contribution in [0.3, 0.4) is 0 Å². The summed E-state index contributed by atoms with van der Waals surface area (Å²) < 4.78 is 20.1. The van der Waals surface area contributed by atoms with Crippen LogP contribution in [0, 0.1) is 0 Å². The highest BCUT2D eigenvalue weighted by molar-refractivity contribution is 5.30. The molecule has 2 aromatic carbocycles. The van der Waals surface area contributed by atoms with Gasteiger partial charge in [0.15, 0.2) is 0 Å². The molecule has 4 unspecified atom stereocenters. The predicted molar refractivity (Wildman–Crippen MR) is 176 cm³/mol. The summed E-state index contributed by atoms with van der Waals surface area (Å²) in [5, 5.41) is 0. The van der Waals surface area contributed by atoms with Crippen molar-refractivity contribution >= 4 is 0 Å². The molecule has 0 amide bonds. The monoisotopic (exact) mass is 576 g/mol. The van der Waals surface area contributed by atoms with Crippen LogP contribution in [0.5, 0.6) is 0 Å². The summed E-state index contributed by atoms with van der Waals surface area (Å²) in [4.78, 5) is 0. The van der Waals surface area contributed by atoms with Crippen molar-refractivity contribution in [1.29, 1.82) is 0 Å². The second-order valence-corrected chi connectivity index (χ2v) is 13.1. The van der Waals surface area contributed by atoms with Gasteiger partial charge in [0.05, 0.1) is 13.2 Å². The molecule has 234 valence electrons. The smallest absolute Gasteiger partial charge is 0.123 e. The highest BCUT2D eigenvalue weighted by Gasteiger charge is 2.58. The van der Waals surface area contributed by atoms with Gasteiger partial charge in [-0.25, -0.2) is 0 Å². The van der Waals surface area contributed by atoms with Gasteiger partial charge in [-0.05, 0) is 24.0 Å². The Morgan fingerprint density at radius 3 is 1.12 bits per heavy atom. The van der Waals surface area contributed by atoms with Gasteiger partial charge < -0.3 is 14.2 Å². The summed E-state index contributed by atoms with van der Waals surface area (Å²) in [6.45, 7) is 6.14. The lowest BCUT2D eigenvalue weighted by Crippen LogP contribution is -2.48. The number of benzene rings is 2. The van der Waals surface area contributed by atoms with Crippen molar-refractivity contribution in [1.82, 2.24) is 0 Å². The molecule has 42 heavy (non-hydrogen) atoms. The molecule has 4 rings (SSSR count). The van der Waals surface area contributed by atoms with Crippen LogP contribution in [0.15, 0.2) is 60.7 Å². The zero-order chi connectivity index (χ0) is 29.4. The largest absolute Gasteiger partial charge is 0.370 e. The van der Waals surface area contributed by atoms with E-state index in [0.29, 0.717) is 0 Å². The van der Waals surface area contributed by atoms with Crippen LogP contribution in [-0.2, 0) is 25.4 Å². The van der Waals surface area contributed by atoms with E-state index in [9.17, 15) is 0 Å². The molecule has 0 aliphatic carbocycles. The fraction of sp³-hybridized carbons (Fsp3) is 0.692. The lowest BCUT2D eigenvalue weighted by Gasteiger charge is -2.44. The molecule has 2 fully saturated rings. The lowest BCUT2D eigenvalue weighted by atomic mass is 9.80. The molecule has 3 nitrogen and oxygen atoms in total. The zero-order valence-electron chi connectivity index (χ0n) is 27.0. The van der Waals surface area contributed by atoms with Crippen molar-refractivity contribution in [2.45, 2.75) is 159 Å². The summed E-state index contributed by atoms with van der Waals surface area (Å²) in [7, 11) is 0. The third kappa shape index (κ3) is 9.93. The van der Waals surface area contributed by atoms with E-state index in [0.717, 1.165) is 32.5 Å². The van der Waals surface area contributed by atoms with Gasteiger partial charge in [0, 0.05) is 0 Å². The van der Waals surface area contributed by atoms with Gasteiger partial charge in [-0.15, -0.1) is 0 Å². The number of unbranched alkanes of at least 4 members (excludes halogenated alkanes) is 15. The first-order valence-corrected chi connectivity index (χ1v) is 17.8. The van der Waals surface area contributed by atoms with E-state index in [4.69, 9.17) is 14.2 Å². The molecule has 0 N–H and O–H groups in total. The van der Waals surface area contributed by atoms with E-state index in [1.165, 1.54) is 114 Å². The Morgan fingerprint density at radius 2 is 0.810 bits per heavy atom. The molecule has 0 saturated carbocycles. The standard InChI is InChI=1S/C39H60O3/c1-3-5-7-9-11-12-13-15-17-25-31-39(37-33-41-37,35-28-22-19-23-29-35)42-38(36-32-40-36,34-26-20-18-21-27-34)30-24-16-14-10-8-6-4-2/h18-23,26-29,36-37H,3-17,24-25,30-33H2,1-2H3.